The first kappa shape index (κ1) is 18.2. The van der Waals surface area contributed by atoms with E-state index in [1.165, 1.54) is 23.1 Å². The highest BCUT2D eigenvalue weighted by atomic mass is 32.2. The standard InChI is InChI=1S/C21H18N2OS2/c1-25-21(22-17-9-4-2-5-10-17)23(18-11-6-3-7-12-18)15-14-19(24)20-13-8-16-26-20/h2-16H,1H3/b15-14+,22-21?. The number of carbonyl (C=O) groups is 1. The predicted octanol–water partition coefficient (Wildman–Crippen LogP) is 6.00. The lowest BCUT2D eigenvalue weighted by atomic mass is 10.3. The molecule has 1 heterocycles. The number of rotatable bonds is 5. The minimum atomic E-state index is -0.0129. The van der Waals surface area contributed by atoms with E-state index in [4.69, 9.17) is 4.99 Å². The van der Waals surface area contributed by atoms with E-state index in [9.17, 15) is 4.79 Å². The molecule has 0 atom stereocenters. The third kappa shape index (κ3) is 4.71. The number of hydrogen-bond acceptors (Lipinski definition) is 4. The Morgan fingerprint density at radius 1 is 1.00 bits per heavy atom. The van der Waals surface area contributed by atoms with Crippen LogP contribution in [0.2, 0.25) is 0 Å². The van der Waals surface area contributed by atoms with Crippen molar-refractivity contribution in [3.63, 3.8) is 0 Å². The smallest absolute Gasteiger partial charge is 0.197 e. The van der Waals surface area contributed by atoms with Gasteiger partial charge in [0.05, 0.1) is 10.6 Å². The minimum absolute atomic E-state index is 0.0129. The lowest BCUT2D eigenvalue weighted by Gasteiger charge is -2.21. The zero-order valence-corrected chi connectivity index (χ0v) is 15.9. The van der Waals surface area contributed by atoms with Crippen LogP contribution in [-0.2, 0) is 0 Å². The quantitative estimate of drug-likeness (QED) is 0.236. The number of carbonyl (C=O) groups excluding carboxylic acids is 1. The molecule has 0 aliphatic carbocycles. The molecule has 26 heavy (non-hydrogen) atoms. The number of thiophene rings is 1. The second kappa shape index (κ2) is 9.17. The Balaban J connectivity index is 1.95. The van der Waals surface area contributed by atoms with E-state index in [1.807, 2.05) is 89.3 Å². The molecule has 1 aromatic heterocycles. The van der Waals surface area contributed by atoms with E-state index in [0.717, 1.165) is 21.4 Å². The summed E-state index contributed by atoms with van der Waals surface area (Å²) in [6.45, 7) is 0. The molecule has 5 heteroatoms. The fourth-order valence-electron chi connectivity index (χ4n) is 2.30. The molecule has 3 aromatic rings. The van der Waals surface area contributed by atoms with Crippen LogP contribution >= 0.6 is 23.1 Å². The third-order valence-corrected chi connectivity index (χ3v) is 5.08. The van der Waals surface area contributed by atoms with Crippen molar-refractivity contribution in [2.45, 2.75) is 0 Å². The summed E-state index contributed by atoms with van der Waals surface area (Å²) in [6.07, 6.45) is 5.36. The number of allylic oxidation sites excluding steroid dienone is 1. The summed E-state index contributed by atoms with van der Waals surface area (Å²) in [6, 6.07) is 23.4. The Hall–Kier alpha value is -2.63. The highest BCUT2D eigenvalue weighted by Gasteiger charge is 2.12. The molecule has 0 N–H and O–H groups in total. The van der Waals surface area contributed by atoms with Crippen LogP contribution < -0.4 is 4.90 Å². The maximum absolute atomic E-state index is 12.4. The zero-order valence-electron chi connectivity index (χ0n) is 14.3. The molecule has 0 spiro atoms. The molecule has 0 saturated carbocycles. The number of ketones is 1. The maximum Gasteiger partial charge on any atom is 0.197 e. The number of hydrogen-bond donors (Lipinski definition) is 0. The van der Waals surface area contributed by atoms with Gasteiger partial charge < -0.3 is 0 Å². The first-order chi connectivity index (χ1) is 12.8. The van der Waals surface area contributed by atoms with E-state index in [1.54, 1.807) is 12.3 Å². The summed E-state index contributed by atoms with van der Waals surface area (Å²) in [5.41, 5.74) is 1.82. The Morgan fingerprint density at radius 3 is 2.31 bits per heavy atom. The average Bonchev–Trinajstić information content (AvgIpc) is 3.23. The van der Waals surface area contributed by atoms with Gasteiger partial charge in [-0.15, -0.1) is 11.3 Å². The molecule has 130 valence electrons. The van der Waals surface area contributed by atoms with Crippen LogP contribution in [0.25, 0.3) is 0 Å². The largest absolute Gasteiger partial charge is 0.296 e. The van der Waals surface area contributed by atoms with Crippen molar-refractivity contribution in [1.29, 1.82) is 0 Å². The fraction of sp³-hybridized carbons (Fsp3) is 0.0476. The van der Waals surface area contributed by atoms with Gasteiger partial charge in [-0.05, 0) is 42.0 Å². The van der Waals surface area contributed by atoms with Gasteiger partial charge in [0, 0.05) is 18.0 Å². The van der Waals surface area contributed by atoms with Crippen molar-refractivity contribution in [1.82, 2.24) is 0 Å². The Morgan fingerprint density at radius 2 is 1.69 bits per heavy atom. The van der Waals surface area contributed by atoms with E-state index in [-0.39, 0.29) is 5.78 Å². The van der Waals surface area contributed by atoms with Crippen molar-refractivity contribution in [3.05, 3.63) is 95.3 Å². The Kier molecular flexibility index (Phi) is 6.41. The molecule has 0 bridgehead atoms. The van der Waals surface area contributed by atoms with E-state index in [0.29, 0.717) is 0 Å². The molecule has 0 amide bonds. The van der Waals surface area contributed by atoms with Crippen LogP contribution in [0.5, 0.6) is 0 Å². The van der Waals surface area contributed by atoms with Gasteiger partial charge in [-0.1, -0.05) is 54.2 Å². The summed E-state index contributed by atoms with van der Waals surface area (Å²) in [7, 11) is 0. The van der Waals surface area contributed by atoms with Crippen LogP contribution in [0.4, 0.5) is 11.4 Å². The molecule has 3 nitrogen and oxygen atoms in total. The summed E-state index contributed by atoms with van der Waals surface area (Å²) in [4.78, 5) is 19.8. The van der Waals surface area contributed by atoms with Crippen molar-refractivity contribution < 1.29 is 4.79 Å². The van der Waals surface area contributed by atoms with Crippen LogP contribution in [0.15, 0.2) is 95.4 Å². The summed E-state index contributed by atoms with van der Waals surface area (Å²) in [5, 5.41) is 2.69. The Labute approximate surface area is 161 Å². The first-order valence-corrected chi connectivity index (χ1v) is 10.2. The molecule has 0 saturated heterocycles. The first-order valence-electron chi connectivity index (χ1n) is 8.06. The normalized spacial score (nSPS) is 11.7. The fourth-order valence-corrected chi connectivity index (χ4v) is 3.51. The number of thioether (sulfide) groups is 1. The molecule has 0 unspecified atom stereocenters. The van der Waals surface area contributed by atoms with Crippen LogP contribution in [0.3, 0.4) is 0 Å². The molecule has 2 aromatic carbocycles. The molecule has 0 aliphatic heterocycles. The van der Waals surface area contributed by atoms with Gasteiger partial charge >= 0.3 is 0 Å². The number of benzene rings is 2. The summed E-state index contributed by atoms with van der Waals surface area (Å²) >= 11 is 2.97. The van der Waals surface area contributed by atoms with Crippen molar-refractivity contribution in [3.8, 4) is 0 Å². The SMILES string of the molecule is CSC(=Nc1ccccc1)N(/C=C/C(=O)c1cccs1)c1ccccc1. The van der Waals surface area contributed by atoms with Crippen LogP contribution in [0.1, 0.15) is 9.67 Å². The average molecular weight is 379 g/mol. The number of anilines is 1. The summed E-state index contributed by atoms with van der Waals surface area (Å²) in [5.74, 6) is -0.0129. The van der Waals surface area contributed by atoms with Crippen molar-refractivity contribution in [2.75, 3.05) is 11.2 Å². The van der Waals surface area contributed by atoms with Gasteiger partial charge in [0.25, 0.3) is 0 Å². The second-order valence-corrected chi connectivity index (χ2v) is 7.02. The highest BCUT2D eigenvalue weighted by Crippen LogP contribution is 2.22. The lowest BCUT2D eigenvalue weighted by Crippen LogP contribution is -2.22. The van der Waals surface area contributed by atoms with Crippen molar-refractivity contribution >= 4 is 45.4 Å². The van der Waals surface area contributed by atoms with Crippen LogP contribution in [0, 0.1) is 0 Å². The van der Waals surface area contributed by atoms with Crippen molar-refractivity contribution in [2.24, 2.45) is 4.99 Å². The summed E-state index contributed by atoms with van der Waals surface area (Å²) < 4.78 is 0. The minimum Gasteiger partial charge on any atom is -0.296 e. The second-order valence-electron chi connectivity index (χ2n) is 5.30. The van der Waals surface area contributed by atoms with Gasteiger partial charge in [0.15, 0.2) is 11.0 Å². The molecule has 0 radical (unpaired) electrons. The van der Waals surface area contributed by atoms with Gasteiger partial charge in [-0.2, -0.15) is 0 Å². The topological polar surface area (TPSA) is 32.7 Å². The zero-order chi connectivity index (χ0) is 18.2. The van der Waals surface area contributed by atoms with Gasteiger partial charge in [-0.25, -0.2) is 4.99 Å². The number of nitrogens with zero attached hydrogens (tertiary/aromatic N) is 2. The molecule has 0 fully saturated rings. The molecular formula is C21H18N2OS2. The van der Waals surface area contributed by atoms with Gasteiger partial charge in [0.1, 0.15) is 0 Å². The van der Waals surface area contributed by atoms with E-state index >= 15 is 0 Å². The monoisotopic (exact) mass is 378 g/mol. The number of para-hydroxylation sites is 2. The Bertz CT molecular complexity index is 888. The third-order valence-electron chi connectivity index (χ3n) is 3.54. The molecule has 0 aliphatic rings. The van der Waals surface area contributed by atoms with Crippen LogP contribution in [-0.4, -0.2) is 17.2 Å². The number of aliphatic imine (C=N–C) groups is 1. The van der Waals surface area contributed by atoms with Gasteiger partial charge in [0.2, 0.25) is 0 Å². The lowest BCUT2D eigenvalue weighted by molar-refractivity contribution is 0.105. The number of amidine groups is 1. The maximum atomic E-state index is 12.4. The molecule has 3 rings (SSSR count). The predicted molar refractivity (Wildman–Crippen MR) is 114 cm³/mol. The van der Waals surface area contributed by atoms with E-state index in [2.05, 4.69) is 0 Å². The van der Waals surface area contributed by atoms with Gasteiger partial charge in [-0.3, -0.25) is 9.69 Å². The van der Waals surface area contributed by atoms with E-state index < -0.39 is 0 Å². The molecular weight excluding hydrogens is 360 g/mol. The highest BCUT2D eigenvalue weighted by molar-refractivity contribution is 8.13.